The van der Waals surface area contributed by atoms with Crippen LogP contribution in [0.4, 0.5) is 0 Å². The van der Waals surface area contributed by atoms with Crippen LogP contribution in [0.3, 0.4) is 0 Å². The molecule has 1 fully saturated rings. The summed E-state index contributed by atoms with van der Waals surface area (Å²) in [6, 6.07) is 13.0. The molecule has 0 bridgehead atoms. The van der Waals surface area contributed by atoms with Gasteiger partial charge in [0.15, 0.2) is 0 Å². The first-order valence-electron chi connectivity index (χ1n) is 8.11. The van der Waals surface area contributed by atoms with Gasteiger partial charge in [-0.25, -0.2) is 0 Å². The van der Waals surface area contributed by atoms with Crippen LogP contribution in [0.25, 0.3) is 11.3 Å². The number of ether oxygens (including phenoxy) is 1. The largest absolute Gasteiger partial charge is 0.496 e. The number of rotatable bonds is 5. The van der Waals surface area contributed by atoms with Gasteiger partial charge in [0.2, 0.25) is 0 Å². The number of methoxy groups -OCH3 is 1. The van der Waals surface area contributed by atoms with E-state index in [1.807, 2.05) is 18.2 Å². The lowest BCUT2D eigenvalue weighted by Crippen LogP contribution is -2.25. The molecular formula is C19H24N2O. The monoisotopic (exact) mass is 296 g/mol. The van der Waals surface area contributed by atoms with Crippen molar-refractivity contribution in [2.24, 2.45) is 0 Å². The van der Waals surface area contributed by atoms with Gasteiger partial charge < -0.3 is 10.1 Å². The molecule has 22 heavy (non-hydrogen) atoms. The Balaban J connectivity index is 1.76. The maximum Gasteiger partial charge on any atom is 0.128 e. The Hall–Kier alpha value is -1.87. The van der Waals surface area contributed by atoms with Crippen molar-refractivity contribution in [2.45, 2.75) is 45.2 Å². The molecule has 1 aliphatic rings. The van der Waals surface area contributed by atoms with Crippen LogP contribution < -0.4 is 10.1 Å². The molecule has 0 aliphatic heterocycles. The molecule has 0 unspecified atom stereocenters. The second-order valence-corrected chi connectivity index (χ2v) is 6.00. The molecule has 0 saturated heterocycles. The average Bonchev–Trinajstić information content (AvgIpc) is 3.07. The van der Waals surface area contributed by atoms with Crippen molar-refractivity contribution in [2.75, 3.05) is 7.11 Å². The van der Waals surface area contributed by atoms with Crippen molar-refractivity contribution in [3.63, 3.8) is 0 Å². The predicted octanol–water partition coefficient (Wildman–Crippen LogP) is 4.10. The minimum Gasteiger partial charge on any atom is -0.496 e. The summed E-state index contributed by atoms with van der Waals surface area (Å²) in [5.74, 6) is 0.867. The van der Waals surface area contributed by atoms with Crippen molar-refractivity contribution in [1.82, 2.24) is 10.3 Å². The summed E-state index contributed by atoms with van der Waals surface area (Å²) in [5, 5.41) is 3.66. The van der Waals surface area contributed by atoms with Crippen LogP contribution in [0.1, 0.15) is 36.9 Å². The van der Waals surface area contributed by atoms with Gasteiger partial charge in [-0.2, -0.15) is 0 Å². The van der Waals surface area contributed by atoms with Crippen molar-refractivity contribution in [1.29, 1.82) is 0 Å². The quantitative estimate of drug-likeness (QED) is 0.902. The maximum absolute atomic E-state index is 5.43. The number of nitrogens with zero attached hydrogens (tertiary/aromatic N) is 1. The molecule has 0 radical (unpaired) electrons. The Labute approximate surface area is 132 Å². The fourth-order valence-corrected chi connectivity index (χ4v) is 3.17. The lowest BCUT2D eigenvalue weighted by molar-refractivity contribution is 0.416. The average molecular weight is 296 g/mol. The highest BCUT2D eigenvalue weighted by Gasteiger charge is 2.15. The van der Waals surface area contributed by atoms with E-state index in [0.717, 1.165) is 29.2 Å². The molecule has 2 aromatic rings. The number of pyridine rings is 1. The molecule has 1 aliphatic carbocycles. The summed E-state index contributed by atoms with van der Waals surface area (Å²) in [6.07, 6.45) is 5.35. The van der Waals surface area contributed by atoms with Crippen molar-refractivity contribution < 1.29 is 4.74 Å². The Morgan fingerprint density at radius 2 is 1.91 bits per heavy atom. The van der Waals surface area contributed by atoms with E-state index in [1.165, 1.54) is 31.2 Å². The van der Waals surface area contributed by atoms with Gasteiger partial charge in [0.25, 0.3) is 0 Å². The van der Waals surface area contributed by atoms with Crippen LogP contribution in [-0.4, -0.2) is 18.1 Å². The lowest BCUT2D eigenvalue weighted by atomic mass is 10.1. The molecule has 116 valence electrons. The second kappa shape index (κ2) is 6.93. The zero-order valence-corrected chi connectivity index (χ0v) is 13.4. The van der Waals surface area contributed by atoms with Crippen LogP contribution >= 0.6 is 0 Å². The molecule has 0 amide bonds. The van der Waals surface area contributed by atoms with Gasteiger partial charge in [-0.3, -0.25) is 4.98 Å². The molecule has 1 aromatic carbocycles. The molecular weight excluding hydrogens is 272 g/mol. The van der Waals surface area contributed by atoms with Gasteiger partial charge >= 0.3 is 0 Å². The van der Waals surface area contributed by atoms with Gasteiger partial charge in [-0.1, -0.05) is 31.0 Å². The second-order valence-electron chi connectivity index (χ2n) is 6.00. The normalized spacial score (nSPS) is 15.2. The minimum absolute atomic E-state index is 0.688. The van der Waals surface area contributed by atoms with Crippen molar-refractivity contribution in [3.8, 4) is 17.0 Å². The minimum atomic E-state index is 0.688. The third-order valence-electron chi connectivity index (χ3n) is 4.51. The SMILES string of the molecule is COc1ccccc1-c1ccc(CNC2CCCC2)c(C)n1. The highest BCUT2D eigenvalue weighted by molar-refractivity contribution is 5.67. The van der Waals surface area contributed by atoms with Crippen LogP contribution in [0.5, 0.6) is 5.75 Å². The summed E-state index contributed by atoms with van der Waals surface area (Å²) >= 11 is 0. The van der Waals surface area contributed by atoms with E-state index in [1.54, 1.807) is 7.11 Å². The molecule has 1 saturated carbocycles. The zero-order chi connectivity index (χ0) is 15.4. The third kappa shape index (κ3) is 3.30. The van der Waals surface area contributed by atoms with Crippen molar-refractivity contribution in [3.05, 3.63) is 47.7 Å². The van der Waals surface area contributed by atoms with Gasteiger partial charge in [0, 0.05) is 23.8 Å². The standard InChI is InChI=1S/C19H24N2O/c1-14-15(13-20-16-7-3-4-8-16)11-12-18(21-14)17-9-5-6-10-19(17)22-2/h5-6,9-12,16,20H,3-4,7-8,13H2,1-2H3. The Bertz CT molecular complexity index is 633. The summed E-state index contributed by atoms with van der Waals surface area (Å²) < 4.78 is 5.43. The number of aromatic nitrogens is 1. The van der Waals surface area contributed by atoms with Crippen LogP contribution in [0.15, 0.2) is 36.4 Å². The number of hydrogen-bond donors (Lipinski definition) is 1. The maximum atomic E-state index is 5.43. The van der Waals surface area contributed by atoms with E-state index in [-0.39, 0.29) is 0 Å². The van der Waals surface area contributed by atoms with Gasteiger partial charge in [0.05, 0.1) is 12.8 Å². The molecule has 1 aromatic heterocycles. The molecule has 3 rings (SSSR count). The van der Waals surface area contributed by atoms with E-state index in [2.05, 4.69) is 30.4 Å². The number of aryl methyl sites for hydroxylation is 1. The molecule has 0 spiro atoms. The smallest absolute Gasteiger partial charge is 0.128 e. The fraction of sp³-hybridized carbons (Fsp3) is 0.421. The van der Waals surface area contributed by atoms with Crippen molar-refractivity contribution >= 4 is 0 Å². The summed E-state index contributed by atoms with van der Waals surface area (Å²) in [6.45, 7) is 3.00. The van der Waals surface area contributed by atoms with Crippen LogP contribution in [0, 0.1) is 6.92 Å². The molecule has 0 atom stereocenters. The first-order valence-corrected chi connectivity index (χ1v) is 8.11. The number of benzene rings is 1. The van der Waals surface area contributed by atoms with Gasteiger partial charge in [-0.15, -0.1) is 0 Å². The number of para-hydroxylation sites is 1. The summed E-state index contributed by atoms with van der Waals surface area (Å²) in [4.78, 5) is 4.78. The Morgan fingerprint density at radius 1 is 1.14 bits per heavy atom. The molecule has 3 nitrogen and oxygen atoms in total. The van der Waals surface area contributed by atoms with E-state index >= 15 is 0 Å². The third-order valence-corrected chi connectivity index (χ3v) is 4.51. The lowest BCUT2D eigenvalue weighted by Gasteiger charge is -2.14. The first-order chi connectivity index (χ1) is 10.8. The van der Waals surface area contributed by atoms with Crippen LogP contribution in [0.2, 0.25) is 0 Å². The van der Waals surface area contributed by atoms with E-state index in [9.17, 15) is 0 Å². The number of hydrogen-bond acceptors (Lipinski definition) is 3. The topological polar surface area (TPSA) is 34.1 Å². The van der Waals surface area contributed by atoms with E-state index < -0.39 is 0 Å². The zero-order valence-electron chi connectivity index (χ0n) is 13.4. The van der Waals surface area contributed by atoms with Crippen LogP contribution in [-0.2, 0) is 6.54 Å². The molecule has 1 N–H and O–H groups in total. The Kier molecular flexibility index (Phi) is 4.74. The predicted molar refractivity (Wildman–Crippen MR) is 90.1 cm³/mol. The van der Waals surface area contributed by atoms with E-state index in [0.29, 0.717) is 6.04 Å². The highest BCUT2D eigenvalue weighted by Crippen LogP contribution is 2.28. The Morgan fingerprint density at radius 3 is 2.64 bits per heavy atom. The first kappa shape index (κ1) is 15.0. The fourth-order valence-electron chi connectivity index (χ4n) is 3.17. The summed E-state index contributed by atoms with van der Waals surface area (Å²) in [5.41, 5.74) is 4.39. The van der Waals surface area contributed by atoms with Gasteiger partial charge in [0.1, 0.15) is 5.75 Å². The highest BCUT2D eigenvalue weighted by atomic mass is 16.5. The molecule has 1 heterocycles. The number of nitrogens with one attached hydrogen (secondary N) is 1. The molecule has 3 heteroatoms. The van der Waals surface area contributed by atoms with E-state index in [4.69, 9.17) is 9.72 Å². The summed E-state index contributed by atoms with van der Waals surface area (Å²) in [7, 11) is 1.70. The van der Waals surface area contributed by atoms with Gasteiger partial charge in [-0.05, 0) is 43.5 Å².